The van der Waals surface area contributed by atoms with Gasteiger partial charge in [-0.25, -0.2) is 0 Å². The van der Waals surface area contributed by atoms with E-state index in [1.54, 1.807) is 7.11 Å². The average Bonchev–Trinajstić information content (AvgIpc) is 2.40. The lowest BCUT2D eigenvalue weighted by atomic mass is 9.79. The molecule has 1 aliphatic rings. The standard InChI is InChI=1S/C16H22O/c1-3-13-4-8-15(9-5-13)16-10-6-14(7-11-16)12-17-2/h3,6-7,10-11,13,15H,1,4-5,8-9,12H2,2H3/t13-,15-. The highest BCUT2D eigenvalue weighted by Gasteiger charge is 2.20. The quantitative estimate of drug-likeness (QED) is 0.701. The number of ether oxygens (including phenoxy) is 1. The monoisotopic (exact) mass is 230 g/mol. The molecule has 1 fully saturated rings. The second-order valence-electron chi connectivity index (χ2n) is 5.02. The summed E-state index contributed by atoms with van der Waals surface area (Å²) in [4.78, 5) is 0. The zero-order chi connectivity index (χ0) is 12.1. The SMILES string of the molecule is C=C[C@H]1CC[C@H](c2ccc(COC)cc2)CC1. The first-order chi connectivity index (χ1) is 8.33. The van der Waals surface area contributed by atoms with E-state index >= 15 is 0 Å². The van der Waals surface area contributed by atoms with Crippen molar-refractivity contribution in [3.8, 4) is 0 Å². The summed E-state index contributed by atoms with van der Waals surface area (Å²) in [7, 11) is 1.74. The average molecular weight is 230 g/mol. The number of methoxy groups -OCH3 is 1. The first-order valence-electron chi connectivity index (χ1n) is 6.54. The first kappa shape index (κ1) is 12.4. The molecule has 0 heterocycles. The minimum atomic E-state index is 0.712. The molecule has 0 spiro atoms. The minimum absolute atomic E-state index is 0.712. The van der Waals surface area contributed by atoms with Crippen molar-refractivity contribution in [1.82, 2.24) is 0 Å². The Bertz CT molecular complexity index is 344. The fourth-order valence-corrected chi connectivity index (χ4v) is 2.74. The highest BCUT2D eigenvalue weighted by atomic mass is 16.5. The fraction of sp³-hybridized carbons (Fsp3) is 0.500. The summed E-state index contributed by atoms with van der Waals surface area (Å²) in [6.45, 7) is 4.61. The molecular weight excluding hydrogens is 208 g/mol. The Balaban J connectivity index is 1.96. The third-order valence-electron chi connectivity index (χ3n) is 3.87. The van der Waals surface area contributed by atoms with E-state index in [4.69, 9.17) is 4.74 Å². The van der Waals surface area contributed by atoms with Crippen LogP contribution in [0.15, 0.2) is 36.9 Å². The fourth-order valence-electron chi connectivity index (χ4n) is 2.74. The first-order valence-corrected chi connectivity index (χ1v) is 6.54. The molecule has 1 aliphatic carbocycles. The Morgan fingerprint density at radius 1 is 1.18 bits per heavy atom. The molecule has 0 atom stereocenters. The van der Waals surface area contributed by atoms with Gasteiger partial charge in [-0.15, -0.1) is 6.58 Å². The second-order valence-corrected chi connectivity index (χ2v) is 5.02. The van der Waals surface area contributed by atoms with Gasteiger partial charge in [-0.3, -0.25) is 0 Å². The summed E-state index contributed by atoms with van der Waals surface area (Å²) in [6, 6.07) is 8.93. The number of hydrogen-bond donors (Lipinski definition) is 0. The van der Waals surface area contributed by atoms with Gasteiger partial charge in [-0.1, -0.05) is 30.3 Å². The van der Waals surface area contributed by atoms with Crippen molar-refractivity contribution in [2.45, 2.75) is 38.2 Å². The lowest BCUT2D eigenvalue weighted by Crippen LogP contribution is -2.11. The van der Waals surface area contributed by atoms with E-state index in [2.05, 4.69) is 36.9 Å². The number of allylic oxidation sites excluding steroid dienone is 1. The Labute approximate surface area is 104 Å². The maximum Gasteiger partial charge on any atom is 0.0713 e. The second kappa shape index (κ2) is 6.02. The van der Waals surface area contributed by atoms with Gasteiger partial charge >= 0.3 is 0 Å². The number of hydrogen-bond acceptors (Lipinski definition) is 1. The molecule has 1 aromatic carbocycles. The van der Waals surface area contributed by atoms with Crippen LogP contribution in [-0.4, -0.2) is 7.11 Å². The van der Waals surface area contributed by atoms with E-state index in [0.717, 1.165) is 11.8 Å². The van der Waals surface area contributed by atoms with Gasteiger partial charge in [0.1, 0.15) is 0 Å². The van der Waals surface area contributed by atoms with E-state index in [-0.39, 0.29) is 0 Å². The van der Waals surface area contributed by atoms with Crippen LogP contribution in [0, 0.1) is 5.92 Å². The van der Waals surface area contributed by atoms with E-state index in [0.29, 0.717) is 6.61 Å². The van der Waals surface area contributed by atoms with Crippen molar-refractivity contribution in [2.75, 3.05) is 7.11 Å². The molecule has 0 amide bonds. The van der Waals surface area contributed by atoms with E-state index < -0.39 is 0 Å². The normalized spacial score (nSPS) is 24.5. The van der Waals surface area contributed by atoms with Crippen LogP contribution in [0.1, 0.15) is 42.7 Å². The lowest BCUT2D eigenvalue weighted by molar-refractivity contribution is 0.185. The van der Waals surface area contributed by atoms with Crippen LogP contribution in [0.3, 0.4) is 0 Å². The smallest absolute Gasteiger partial charge is 0.0713 e. The Hall–Kier alpha value is -1.08. The zero-order valence-electron chi connectivity index (χ0n) is 10.7. The summed E-state index contributed by atoms with van der Waals surface area (Å²) in [5, 5.41) is 0. The van der Waals surface area contributed by atoms with Gasteiger partial charge in [0.15, 0.2) is 0 Å². The summed E-state index contributed by atoms with van der Waals surface area (Å²) in [6.07, 6.45) is 7.33. The molecule has 1 saturated carbocycles. The highest BCUT2D eigenvalue weighted by molar-refractivity contribution is 5.25. The Morgan fingerprint density at radius 2 is 1.82 bits per heavy atom. The van der Waals surface area contributed by atoms with Gasteiger partial charge in [-0.2, -0.15) is 0 Å². The minimum Gasteiger partial charge on any atom is -0.380 e. The molecule has 0 aromatic heterocycles. The number of benzene rings is 1. The molecule has 0 N–H and O–H groups in total. The Kier molecular flexibility index (Phi) is 4.38. The predicted molar refractivity (Wildman–Crippen MR) is 72.1 cm³/mol. The van der Waals surface area contributed by atoms with Crippen LogP contribution < -0.4 is 0 Å². The molecule has 17 heavy (non-hydrogen) atoms. The van der Waals surface area contributed by atoms with Crippen LogP contribution >= 0.6 is 0 Å². The van der Waals surface area contributed by atoms with Crippen molar-refractivity contribution >= 4 is 0 Å². The molecule has 1 aromatic rings. The molecule has 0 unspecified atom stereocenters. The lowest BCUT2D eigenvalue weighted by Gasteiger charge is -2.27. The highest BCUT2D eigenvalue weighted by Crippen LogP contribution is 2.36. The van der Waals surface area contributed by atoms with Gasteiger partial charge < -0.3 is 4.74 Å². The maximum atomic E-state index is 5.13. The van der Waals surface area contributed by atoms with Gasteiger partial charge in [-0.05, 0) is 48.6 Å². The van der Waals surface area contributed by atoms with E-state index in [9.17, 15) is 0 Å². The Morgan fingerprint density at radius 3 is 2.35 bits per heavy atom. The summed E-state index contributed by atoms with van der Waals surface area (Å²) < 4.78 is 5.13. The van der Waals surface area contributed by atoms with Crippen LogP contribution in [0.5, 0.6) is 0 Å². The maximum absolute atomic E-state index is 5.13. The van der Waals surface area contributed by atoms with Crippen LogP contribution in [-0.2, 0) is 11.3 Å². The topological polar surface area (TPSA) is 9.23 Å². The van der Waals surface area contributed by atoms with Gasteiger partial charge in [0.25, 0.3) is 0 Å². The van der Waals surface area contributed by atoms with Crippen LogP contribution in [0.4, 0.5) is 0 Å². The summed E-state index contributed by atoms with van der Waals surface area (Å²) in [5.74, 6) is 1.50. The van der Waals surface area contributed by atoms with Crippen molar-refractivity contribution in [3.63, 3.8) is 0 Å². The van der Waals surface area contributed by atoms with Gasteiger partial charge in [0.05, 0.1) is 6.61 Å². The third kappa shape index (κ3) is 3.19. The molecule has 0 radical (unpaired) electrons. The van der Waals surface area contributed by atoms with Crippen LogP contribution in [0.25, 0.3) is 0 Å². The molecule has 1 heteroatoms. The molecule has 1 nitrogen and oxygen atoms in total. The summed E-state index contributed by atoms with van der Waals surface area (Å²) >= 11 is 0. The van der Waals surface area contributed by atoms with E-state index in [1.807, 2.05) is 0 Å². The molecule has 2 rings (SSSR count). The zero-order valence-corrected chi connectivity index (χ0v) is 10.7. The summed E-state index contributed by atoms with van der Waals surface area (Å²) in [5.41, 5.74) is 2.75. The largest absolute Gasteiger partial charge is 0.380 e. The molecule has 92 valence electrons. The molecular formula is C16H22O. The molecule has 0 saturated heterocycles. The van der Waals surface area contributed by atoms with Gasteiger partial charge in [0, 0.05) is 7.11 Å². The number of rotatable bonds is 4. The third-order valence-corrected chi connectivity index (χ3v) is 3.87. The van der Waals surface area contributed by atoms with Crippen molar-refractivity contribution in [2.24, 2.45) is 5.92 Å². The van der Waals surface area contributed by atoms with E-state index in [1.165, 1.54) is 36.8 Å². The predicted octanol–water partition coefficient (Wildman–Crippen LogP) is 4.29. The van der Waals surface area contributed by atoms with Gasteiger partial charge in [0.2, 0.25) is 0 Å². The van der Waals surface area contributed by atoms with Crippen molar-refractivity contribution in [1.29, 1.82) is 0 Å². The molecule has 0 aliphatic heterocycles. The van der Waals surface area contributed by atoms with Crippen molar-refractivity contribution < 1.29 is 4.74 Å². The molecule has 0 bridgehead atoms. The van der Waals surface area contributed by atoms with Crippen LogP contribution in [0.2, 0.25) is 0 Å². The van der Waals surface area contributed by atoms with Crippen molar-refractivity contribution in [3.05, 3.63) is 48.0 Å².